The number of anilines is 5. The van der Waals surface area contributed by atoms with E-state index >= 15 is 0 Å². The molecule has 5 rings (SSSR count). The van der Waals surface area contributed by atoms with Gasteiger partial charge >= 0.3 is 6.03 Å². The van der Waals surface area contributed by atoms with Gasteiger partial charge in [-0.15, -0.1) is 0 Å². The van der Waals surface area contributed by atoms with E-state index in [9.17, 15) is 4.79 Å². The monoisotopic (exact) mass is 445 g/mol. The van der Waals surface area contributed by atoms with Crippen LogP contribution in [0, 0.1) is 6.92 Å². The van der Waals surface area contributed by atoms with Crippen molar-refractivity contribution in [1.29, 1.82) is 0 Å². The smallest absolute Gasteiger partial charge is 0.323 e. The van der Waals surface area contributed by atoms with Gasteiger partial charge in [0.2, 0.25) is 5.95 Å². The van der Waals surface area contributed by atoms with E-state index in [1.54, 1.807) is 13.3 Å². The predicted octanol–water partition coefficient (Wildman–Crippen LogP) is 3.91. The van der Waals surface area contributed by atoms with Gasteiger partial charge in [0.25, 0.3) is 0 Å². The number of likely N-dealkylation sites (N-methyl/N-ethyl adjacent to an activating group) is 1. The highest BCUT2D eigenvalue weighted by Gasteiger charge is 2.21. The van der Waals surface area contributed by atoms with Gasteiger partial charge in [0.1, 0.15) is 11.4 Å². The molecule has 0 radical (unpaired) electrons. The molecule has 0 aliphatic carbocycles. The molecule has 0 spiro atoms. The topological polar surface area (TPSA) is 94.7 Å². The first-order valence-corrected chi connectivity index (χ1v) is 10.9. The summed E-state index contributed by atoms with van der Waals surface area (Å²) < 4.78 is 5.66. The number of piperazine rings is 1. The van der Waals surface area contributed by atoms with Crippen LogP contribution in [0.3, 0.4) is 0 Å². The Hall–Kier alpha value is -3.85. The zero-order valence-corrected chi connectivity index (χ0v) is 19.0. The van der Waals surface area contributed by atoms with E-state index in [1.165, 1.54) is 0 Å². The molecule has 33 heavy (non-hydrogen) atoms. The second-order valence-electron chi connectivity index (χ2n) is 8.38. The highest BCUT2D eigenvalue weighted by molar-refractivity contribution is 6.07. The van der Waals surface area contributed by atoms with Crippen LogP contribution in [0.15, 0.2) is 42.6 Å². The summed E-state index contributed by atoms with van der Waals surface area (Å²) >= 11 is 0. The molecule has 1 aromatic heterocycles. The quantitative estimate of drug-likeness (QED) is 0.560. The van der Waals surface area contributed by atoms with Gasteiger partial charge < -0.3 is 30.5 Å². The largest absolute Gasteiger partial charge is 0.494 e. The number of nitrogens with one attached hydrogen (secondary N) is 3. The fourth-order valence-corrected chi connectivity index (χ4v) is 4.15. The Morgan fingerprint density at radius 1 is 1.03 bits per heavy atom. The van der Waals surface area contributed by atoms with Crippen LogP contribution in [-0.2, 0) is 0 Å². The van der Waals surface area contributed by atoms with Crippen LogP contribution in [0.4, 0.5) is 33.5 Å². The predicted molar refractivity (Wildman–Crippen MR) is 131 cm³/mol. The second-order valence-corrected chi connectivity index (χ2v) is 8.38. The highest BCUT2D eigenvalue weighted by Crippen LogP contribution is 2.37. The molecule has 0 unspecified atom stereocenters. The summed E-state index contributed by atoms with van der Waals surface area (Å²) in [5.41, 5.74) is 5.70. The normalized spacial score (nSPS) is 15.6. The van der Waals surface area contributed by atoms with E-state index in [1.807, 2.05) is 37.3 Å². The molecular weight excluding hydrogens is 418 g/mol. The minimum atomic E-state index is -0.314. The summed E-state index contributed by atoms with van der Waals surface area (Å²) in [4.78, 5) is 26.1. The Morgan fingerprint density at radius 3 is 2.61 bits per heavy atom. The number of ether oxygens (including phenoxy) is 1. The van der Waals surface area contributed by atoms with Crippen molar-refractivity contribution in [3.63, 3.8) is 0 Å². The average molecular weight is 446 g/mol. The molecule has 1 fully saturated rings. The number of carbonyl (C=O) groups excluding carboxylic acids is 1. The van der Waals surface area contributed by atoms with Crippen molar-refractivity contribution >= 4 is 34.7 Å². The van der Waals surface area contributed by atoms with Gasteiger partial charge in [-0.05, 0) is 37.7 Å². The number of nitrogens with zero attached hydrogens (tertiary/aromatic N) is 4. The average Bonchev–Trinajstić information content (AvgIpc) is 2.94. The number of urea groups is 1. The van der Waals surface area contributed by atoms with E-state index in [-0.39, 0.29) is 6.03 Å². The van der Waals surface area contributed by atoms with Crippen molar-refractivity contribution < 1.29 is 9.53 Å². The molecule has 3 heterocycles. The van der Waals surface area contributed by atoms with E-state index in [4.69, 9.17) is 9.72 Å². The molecule has 1 saturated heterocycles. The maximum absolute atomic E-state index is 12.2. The SMILES string of the molecule is COc1cc(N2CCN(C)CC2)ccc1Nc1ncc2c(n1)-c1ccc(C)cc1NC(=O)N2. The lowest BCUT2D eigenvalue weighted by Gasteiger charge is -2.34. The van der Waals surface area contributed by atoms with Crippen molar-refractivity contribution in [3.8, 4) is 17.0 Å². The molecule has 2 aromatic carbocycles. The van der Waals surface area contributed by atoms with Crippen LogP contribution in [0.5, 0.6) is 5.75 Å². The Bertz CT molecular complexity index is 1210. The Balaban J connectivity index is 1.45. The number of carbonyl (C=O) groups is 1. The first-order valence-electron chi connectivity index (χ1n) is 10.9. The van der Waals surface area contributed by atoms with Crippen LogP contribution in [0.25, 0.3) is 11.3 Å². The minimum absolute atomic E-state index is 0.314. The Labute approximate surface area is 192 Å². The molecule has 0 atom stereocenters. The van der Waals surface area contributed by atoms with Crippen molar-refractivity contribution in [1.82, 2.24) is 14.9 Å². The lowest BCUT2D eigenvalue weighted by molar-refractivity contribution is 0.262. The maximum Gasteiger partial charge on any atom is 0.323 e. The zero-order valence-electron chi connectivity index (χ0n) is 19.0. The van der Waals surface area contributed by atoms with Gasteiger partial charge in [-0.1, -0.05) is 12.1 Å². The third-order valence-corrected chi connectivity index (χ3v) is 6.02. The van der Waals surface area contributed by atoms with Crippen LogP contribution >= 0.6 is 0 Å². The molecule has 9 nitrogen and oxygen atoms in total. The second kappa shape index (κ2) is 8.59. The Kier molecular flexibility index (Phi) is 5.47. The number of amides is 2. The Morgan fingerprint density at radius 2 is 1.82 bits per heavy atom. The molecule has 2 aliphatic rings. The first-order chi connectivity index (χ1) is 16.0. The van der Waals surface area contributed by atoms with E-state index < -0.39 is 0 Å². The summed E-state index contributed by atoms with van der Waals surface area (Å²) in [6, 6.07) is 11.7. The number of aryl methyl sites for hydroxylation is 1. The van der Waals surface area contributed by atoms with Crippen molar-refractivity contribution in [2.75, 3.05) is 61.2 Å². The standard InChI is InChI=1S/C24H27N7O2/c1-15-4-6-17-19(12-15)27-24(32)28-20-14-25-23(29-22(17)20)26-18-7-5-16(13-21(18)33-3)31-10-8-30(2)9-11-31/h4-7,12-14H,8-11H2,1-3H3,(H,25,26,29)(H2,27,28,32). The number of aromatic nitrogens is 2. The van der Waals surface area contributed by atoms with Gasteiger partial charge in [0.15, 0.2) is 0 Å². The molecule has 0 saturated carbocycles. The third kappa shape index (κ3) is 4.27. The molecule has 3 aromatic rings. The number of methoxy groups -OCH3 is 1. The number of rotatable bonds is 4. The van der Waals surface area contributed by atoms with E-state index in [0.29, 0.717) is 23.0 Å². The van der Waals surface area contributed by atoms with Crippen molar-refractivity contribution in [2.45, 2.75) is 6.92 Å². The van der Waals surface area contributed by atoms with Crippen LogP contribution < -0.4 is 25.6 Å². The van der Waals surface area contributed by atoms with Crippen molar-refractivity contribution in [2.24, 2.45) is 0 Å². The van der Waals surface area contributed by atoms with Crippen LogP contribution in [0.1, 0.15) is 5.56 Å². The molecule has 9 heteroatoms. The fraction of sp³-hybridized carbons (Fsp3) is 0.292. The summed E-state index contributed by atoms with van der Waals surface area (Å²) in [5.74, 6) is 1.14. The summed E-state index contributed by atoms with van der Waals surface area (Å²) in [7, 11) is 3.80. The maximum atomic E-state index is 12.2. The van der Waals surface area contributed by atoms with Crippen LogP contribution in [0.2, 0.25) is 0 Å². The number of hydrogen-bond donors (Lipinski definition) is 3. The summed E-state index contributed by atoms with van der Waals surface area (Å²) in [6.07, 6.45) is 1.62. The van der Waals surface area contributed by atoms with Gasteiger partial charge in [-0.25, -0.2) is 14.8 Å². The molecular formula is C24H27N7O2. The number of fused-ring (bicyclic) bond motifs is 3. The number of benzene rings is 2. The van der Waals surface area contributed by atoms with Crippen LogP contribution in [-0.4, -0.2) is 61.2 Å². The summed E-state index contributed by atoms with van der Waals surface area (Å²) in [5, 5.41) is 8.96. The first kappa shape index (κ1) is 21.0. The fourth-order valence-electron chi connectivity index (χ4n) is 4.15. The lowest BCUT2D eigenvalue weighted by Crippen LogP contribution is -2.44. The summed E-state index contributed by atoms with van der Waals surface area (Å²) in [6.45, 7) is 6.03. The van der Waals surface area contributed by atoms with Gasteiger partial charge in [-0.2, -0.15) is 0 Å². The molecule has 0 bridgehead atoms. The van der Waals surface area contributed by atoms with E-state index in [0.717, 1.165) is 54.4 Å². The van der Waals surface area contributed by atoms with Gasteiger partial charge in [0, 0.05) is 43.5 Å². The highest BCUT2D eigenvalue weighted by atomic mass is 16.5. The lowest BCUT2D eigenvalue weighted by atomic mass is 10.1. The van der Waals surface area contributed by atoms with Gasteiger partial charge in [-0.3, -0.25) is 0 Å². The molecule has 2 aliphatic heterocycles. The molecule has 3 N–H and O–H groups in total. The third-order valence-electron chi connectivity index (χ3n) is 6.02. The zero-order chi connectivity index (χ0) is 22.9. The van der Waals surface area contributed by atoms with Crippen molar-refractivity contribution in [3.05, 3.63) is 48.2 Å². The molecule has 2 amide bonds. The minimum Gasteiger partial charge on any atom is -0.494 e. The van der Waals surface area contributed by atoms with Gasteiger partial charge in [0.05, 0.1) is 30.4 Å². The molecule has 170 valence electrons. The number of hydrogen-bond acceptors (Lipinski definition) is 7. The van der Waals surface area contributed by atoms with E-state index in [2.05, 4.69) is 43.8 Å².